The molecule has 27 heavy (non-hydrogen) atoms. The summed E-state index contributed by atoms with van der Waals surface area (Å²) in [6, 6.07) is 5.24. The number of carbonyl (C=O) groups is 1. The molecule has 0 bridgehead atoms. The number of hydrogen-bond donors (Lipinski definition) is 1. The van der Waals surface area contributed by atoms with Crippen LogP contribution in [0.4, 0.5) is 0 Å². The number of aromatic nitrogens is 4. The molecule has 7 nitrogen and oxygen atoms in total. The van der Waals surface area contributed by atoms with Crippen molar-refractivity contribution in [1.29, 1.82) is 0 Å². The number of fused-ring (bicyclic) bond motifs is 1. The van der Waals surface area contributed by atoms with Crippen molar-refractivity contribution >= 4 is 5.91 Å². The second kappa shape index (κ2) is 6.57. The predicted octanol–water partition coefficient (Wildman–Crippen LogP) is 3.28. The lowest BCUT2D eigenvalue weighted by molar-refractivity contribution is 0.0881. The highest BCUT2D eigenvalue weighted by Crippen LogP contribution is 2.40. The topological polar surface area (TPSA) is 93.8 Å². The van der Waals surface area contributed by atoms with Crippen LogP contribution in [0, 0.1) is 12.3 Å². The molecule has 0 fully saturated rings. The van der Waals surface area contributed by atoms with Crippen LogP contribution in [0.2, 0.25) is 0 Å². The zero-order chi connectivity index (χ0) is 19.0. The largest absolute Gasteiger partial charge is 0.351 e. The first-order valence-electron chi connectivity index (χ1n) is 8.92. The Balaban J connectivity index is 1.66. The molecule has 0 aromatic carbocycles. The molecule has 1 aliphatic rings. The third-order valence-corrected chi connectivity index (χ3v) is 4.77. The standard InChI is InChI=1S/C20H21N5O2/c1-12-8-17(27-25-12)19(26)24-16-10-20(2,3)9-15-14(16)11-22-18(23-15)13-4-6-21-7-5-13/h4-8,11,16H,9-10H2,1-3H3,(H,24,26)/t16-/m0/s1. The first-order valence-corrected chi connectivity index (χ1v) is 8.92. The molecular weight excluding hydrogens is 342 g/mol. The smallest absolute Gasteiger partial charge is 0.290 e. The lowest BCUT2D eigenvalue weighted by Crippen LogP contribution is -2.37. The van der Waals surface area contributed by atoms with Gasteiger partial charge in [-0.05, 0) is 37.3 Å². The average molecular weight is 363 g/mol. The van der Waals surface area contributed by atoms with Gasteiger partial charge in [-0.15, -0.1) is 0 Å². The van der Waals surface area contributed by atoms with Crippen molar-refractivity contribution in [2.24, 2.45) is 5.41 Å². The number of aryl methyl sites for hydroxylation is 1. The van der Waals surface area contributed by atoms with Crippen molar-refractivity contribution in [1.82, 2.24) is 25.4 Å². The van der Waals surface area contributed by atoms with Crippen LogP contribution in [0.5, 0.6) is 0 Å². The normalized spacial score (nSPS) is 18.0. The average Bonchev–Trinajstić information content (AvgIpc) is 3.07. The fourth-order valence-corrected chi connectivity index (χ4v) is 3.52. The van der Waals surface area contributed by atoms with E-state index in [0.29, 0.717) is 11.5 Å². The van der Waals surface area contributed by atoms with E-state index in [0.717, 1.165) is 29.7 Å². The van der Waals surface area contributed by atoms with Gasteiger partial charge in [0.2, 0.25) is 5.76 Å². The van der Waals surface area contributed by atoms with Crippen LogP contribution in [0.1, 0.15) is 53.8 Å². The minimum absolute atomic E-state index is 0.00610. The number of hydrogen-bond acceptors (Lipinski definition) is 6. The second-order valence-electron chi connectivity index (χ2n) is 7.74. The van der Waals surface area contributed by atoms with E-state index in [1.807, 2.05) is 18.3 Å². The van der Waals surface area contributed by atoms with Gasteiger partial charge < -0.3 is 9.84 Å². The molecule has 0 radical (unpaired) electrons. The van der Waals surface area contributed by atoms with E-state index in [9.17, 15) is 4.79 Å². The van der Waals surface area contributed by atoms with Crippen LogP contribution < -0.4 is 5.32 Å². The number of carbonyl (C=O) groups excluding carboxylic acids is 1. The summed E-state index contributed by atoms with van der Waals surface area (Å²) in [6.45, 7) is 6.15. The summed E-state index contributed by atoms with van der Waals surface area (Å²) in [5.74, 6) is 0.610. The van der Waals surface area contributed by atoms with Crippen molar-refractivity contribution in [2.75, 3.05) is 0 Å². The van der Waals surface area contributed by atoms with Gasteiger partial charge in [-0.2, -0.15) is 0 Å². The summed E-state index contributed by atoms with van der Waals surface area (Å²) in [5, 5.41) is 6.84. The Morgan fingerprint density at radius 3 is 2.78 bits per heavy atom. The molecule has 3 aromatic rings. The molecule has 0 saturated heterocycles. The third-order valence-electron chi connectivity index (χ3n) is 4.77. The second-order valence-corrected chi connectivity index (χ2v) is 7.74. The third kappa shape index (κ3) is 3.58. The number of amides is 1. The van der Waals surface area contributed by atoms with E-state index in [-0.39, 0.29) is 23.1 Å². The SMILES string of the molecule is Cc1cc(C(=O)N[C@H]2CC(C)(C)Cc3nc(-c4ccncc4)ncc32)on1. The summed E-state index contributed by atoms with van der Waals surface area (Å²) in [7, 11) is 0. The minimum atomic E-state index is -0.275. The minimum Gasteiger partial charge on any atom is -0.351 e. The molecule has 3 heterocycles. The molecule has 0 saturated carbocycles. The van der Waals surface area contributed by atoms with Crippen LogP contribution in [0.3, 0.4) is 0 Å². The van der Waals surface area contributed by atoms with Gasteiger partial charge in [0.05, 0.1) is 17.4 Å². The molecule has 1 aliphatic carbocycles. The summed E-state index contributed by atoms with van der Waals surface area (Å²) in [5.41, 5.74) is 3.53. The zero-order valence-corrected chi connectivity index (χ0v) is 15.6. The molecule has 138 valence electrons. The van der Waals surface area contributed by atoms with Crippen molar-refractivity contribution < 1.29 is 9.32 Å². The first kappa shape index (κ1) is 17.3. The Labute approximate surface area is 157 Å². The molecule has 7 heteroatoms. The van der Waals surface area contributed by atoms with Gasteiger partial charge in [-0.25, -0.2) is 9.97 Å². The molecule has 1 atom stereocenters. The van der Waals surface area contributed by atoms with Crippen LogP contribution >= 0.6 is 0 Å². The van der Waals surface area contributed by atoms with Crippen molar-refractivity contribution in [3.8, 4) is 11.4 Å². The molecule has 3 aromatic heterocycles. The van der Waals surface area contributed by atoms with E-state index in [1.54, 1.807) is 25.4 Å². The van der Waals surface area contributed by atoms with E-state index in [2.05, 4.69) is 34.3 Å². The van der Waals surface area contributed by atoms with Crippen LogP contribution in [0.15, 0.2) is 41.3 Å². The van der Waals surface area contributed by atoms with Gasteiger partial charge in [0.25, 0.3) is 5.91 Å². The van der Waals surface area contributed by atoms with Gasteiger partial charge >= 0.3 is 0 Å². The van der Waals surface area contributed by atoms with Crippen LogP contribution in [-0.4, -0.2) is 26.0 Å². The Kier molecular flexibility index (Phi) is 4.22. The number of pyridine rings is 1. The van der Waals surface area contributed by atoms with Gasteiger partial charge in [0.15, 0.2) is 5.82 Å². The Bertz CT molecular complexity index is 981. The zero-order valence-electron chi connectivity index (χ0n) is 15.6. The Hall–Kier alpha value is -3.09. The lowest BCUT2D eigenvalue weighted by Gasteiger charge is -2.36. The van der Waals surface area contributed by atoms with Crippen molar-refractivity contribution in [3.63, 3.8) is 0 Å². The first-order chi connectivity index (χ1) is 12.9. The molecule has 1 N–H and O–H groups in total. The molecule has 0 aliphatic heterocycles. The molecule has 0 spiro atoms. The Morgan fingerprint density at radius 2 is 2.07 bits per heavy atom. The summed E-state index contributed by atoms with van der Waals surface area (Å²) in [6.07, 6.45) is 6.91. The fraction of sp³-hybridized carbons (Fsp3) is 0.350. The summed E-state index contributed by atoms with van der Waals surface area (Å²) in [4.78, 5) is 25.9. The van der Waals surface area contributed by atoms with E-state index < -0.39 is 0 Å². The van der Waals surface area contributed by atoms with Crippen LogP contribution in [0.25, 0.3) is 11.4 Å². The predicted molar refractivity (Wildman–Crippen MR) is 98.8 cm³/mol. The molecule has 1 amide bonds. The van der Waals surface area contributed by atoms with E-state index >= 15 is 0 Å². The monoisotopic (exact) mass is 363 g/mol. The lowest BCUT2D eigenvalue weighted by atomic mass is 9.74. The Morgan fingerprint density at radius 1 is 1.30 bits per heavy atom. The van der Waals surface area contributed by atoms with E-state index in [1.165, 1.54) is 0 Å². The number of rotatable bonds is 3. The van der Waals surface area contributed by atoms with Crippen molar-refractivity contribution in [3.05, 3.63) is 59.5 Å². The van der Waals surface area contributed by atoms with Gasteiger partial charge in [0, 0.05) is 35.8 Å². The van der Waals surface area contributed by atoms with Gasteiger partial charge in [0.1, 0.15) is 0 Å². The maximum atomic E-state index is 12.5. The molecule has 0 unspecified atom stereocenters. The number of nitrogens with zero attached hydrogens (tertiary/aromatic N) is 4. The molecule has 4 rings (SSSR count). The highest BCUT2D eigenvalue weighted by molar-refractivity contribution is 5.91. The fourth-order valence-electron chi connectivity index (χ4n) is 3.52. The van der Waals surface area contributed by atoms with Crippen LogP contribution in [-0.2, 0) is 6.42 Å². The highest BCUT2D eigenvalue weighted by atomic mass is 16.5. The number of nitrogens with one attached hydrogen (secondary N) is 1. The summed E-state index contributed by atoms with van der Waals surface area (Å²) < 4.78 is 5.09. The van der Waals surface area contributed by atoms with Crippen molar-refractivity contribution in [2.45, 2.75) is 39.7 Å². The van der Waals surface area contributed by atoms with Gasteiger partial charge in [-0.3, -0.25) is 9.78 Å². The van der Waals surface area contributed by atoms with E-state index in [4.69, 9.17) is 9.51 Å². The summed E-state index contributed by atoms with van der Waals surface area (Å²) >= 11 is 0. The molecular formula is C20H21N5O2. The quantitative estimate of drug-likeness (QED) is 0.767. The van der Waals surface area contributed by atoms with Gasteiger partial charge in [-0.1, -0.05) is 19.0 Å². The maximum absolute atomic E-state index is 12.5. The maximum Gasteiger partial charge on any atom is 0.290 e. The highest BCUT2D eigenvalue weighted by Gasteiger charge is 2.35.